The zero-order valence-corrected chi connectivity index (χ0v) is 17.3. The summed E-state index contributed by atoms with van der Waals surface area (Å²) in [5.41, 5.74) is 10.7. The average Bonchev–Trinajstić information content (AvgIpc) is 2.57. The van der Waals surface area contributed by atoms with Crippen molar-refractivity contribution in [3.05, 3.63) is 30.6 Å². The van der Waals surface area contributed by atoms with Crippen LogP contribution in [-0.2, 0) is 20.2 Å². The Morgan fingerprint density at radius 3 is 2.28 bits per heavy atom. The van der Waals surface area contributed by atoms with Crippen molar-refractivity contribution in [2.75, 3.05) is 32.5 Å². The highest BCUT2D eigenvalue weighted by Crippen LogP contribution is 2.24. The number of aliphatic imine (C=N–C) groups is 2. The monoisotopic (exact) mass is 449 g/mol. The van der Waals surface area contributed by atoms with Gasteiger partial charge in [0.05, 0.1) is 10.6 Å². The maximum Gasteiger partial charge on any atom is 0.296 e. The standard InChI is InChI=1S/C14H23N7O6S2/c1-9(17-7-6-15)18-14(21(2)3)20-13(16)19-11-8-10(28(22,23)24)4-5-12(11)29(25,26)27/h4-5,8,17H,1,6-7,15H2,2-3H3,(H,22,23,24)(H,25,26,27)(H3,16,18,19,20). The molecule has 0 amide bonds. The summed E-state index contributed by atoms with van der Waals surface area (Å²) in [6, 6.07) is 2.36. The Balaban J connectivity index is 3.35. The van der Waals surface area contributed by atoms with Gasteiger partial charge in [-0.15, -0.1) is 0 Å². The van der Waals surface area contributed by atoms with Crippen LogP contribution < -0.4 is 22.1 Å². The lowest BCUT2D eigenvalue weighted by Gasteiger charge is -2.15. The maximum absolute atomic E-state index is 11.5. The predicted octanol–water partition coefficient (Wildman–Crippen LogP) is -1.16. The van der Waals surface area contributed by atoms with Crippen molar-refractivity contribution in [2.45, 2.75) is 9.79 Å². The lowest BCUT2D eigenvalue weighted by molar-refractivity contribution is 0.479. The van der Waals surface area contributed by atoms with E-state index in [2.05, 4.69) is 27.2 Å². The molecule has 0 saturated carbocycles. The largest absolute Gasteiger partial charge is 0.369 e. The van der Waals surface area contributed by atoms with Gasteiger partial charge in [0, 0.05) is 27.2 Å². The number of nitrogens with zero attached hydrogens (tertiary/aromatic N) is 3. The van der Waals surface area contributed by atoms with Gasteiger partial charge >= 0.3 is 0 Å². The zero-order chi connectivity index (χ0) is 22.4. The van der Waals surface area contributed by atoms with Crippen molar-refractivity contribution in [1.82, 2.24) is 10.2 Å². The molecule has 0 radical (unpaired) electrons. The first kappa shape index (κ1) is 24.3. The number of benzene rings is 1. The minimum Gasteiger partial charge on any atom is -0.369 e. The zero-order valence-electron chi connectivity index (χ0n) is 15.7. The summed E-state index contributed by atoms with van der Waals surface area (Å²) in [7, 11) is -6.17. The second kappa shape index (κ2) is 9.66. The van der Waals surface area contributed by atoms with Crippen molar-refractivity contribution < 1.29 is 25.9 Å². The van der Waals surface area contributed by atoms with Crippen LogP contribution >= 0.6 is 0 Å². The fourth-order valence-corrected chi connectivity index (χ4v) is 3.00. The molecule has 162 valence electrons. The highest BCUT2D eigenvalue weighted by atomic mass is 32.2. The van der Waals surface area contributed by atoms with Gasteiger partial charge in [0.15, 0.2) is 0 Å². The van der Waals surface area contributed by atoms with E-state index in [1.807, 2.05) is 0 Å². The van der Waals surface area contributed by atoms with Crippen LogP contribution in [0.1, 0.15) is 0 Å². The lowest BCUT2D eigenvalue weighted by atomic mass is 10.3. The van der Waals surface area contributed by atoms with Crippen LogP contribution in [0.5, 0.6) is 0 Å². The second-order valence-electron chi connectivity index (χ2n) is 5.70. The summed E-state index contributed by atoms with van der Waals surface area (Å²) in [5, 5.41) is 5.19. The number of nitrogens with two attached hydrogens (primary N) is 2. The number of guanidine groups is 2. The predicted molar refractivity (Wildman–Crippen MR) is 109 cm³/mol. The third-order valence-electron chi connectivity index (χ3n) is 3.12. The van der Waals surface area contributed by atoms with Gasteiger partial charge < -0.3 is 27.0 Å². The first-order chi connectivity index (χ1) is 13.3. The highest BCUT2D eigenvalue weighted by molar-refractivity contribution is 7.86. The molecule has 8 N–H and O–H groups in total. The Morgan fingerprint density at radius 2 is 1.79 bits per heavy atom. The van der Waals surface area contributed by atoms with Crippen LogP contribution in [0.25, 0.3) is 0 Å². The number of anilines is 1. The molecule has 29 heavy (non-hydrogen) atoms. The number of hydrogen-bond donors (Lipinski definition) is 6. The molecular weight excluding hydrogens is 426 g/mol. The van der Waals surface area contributed by atoms with Crippen LogP contribution in [0.3, 0.4) is 0 Å². The summed E-state index contributed by atoms with van der Waals surface area (Å²) < 4.78 is 64.2. The number of nitrogens with one attached hydrogen (secondary N) is 2. The fourth-order valence-electron chi connectivity index (χ4n) is 1.87. The van der Waals surface area contributed by atoms with Crippen molar-refractivity contribution in [3.8, 4) is 0 Å². The molecule has 0 unspecified atom stereocenters. The van der Waals surface area contributed by atoms with Gasteiger partial charge in [-0.3, -0.25) is 9.11 Å². The molecule has 0 fully saturated rings. The molecule has 0 bridgehead atoms. The Morgan fingerprint density at radius 1 is 1.17 bits per heavy atom. The third kappa shape index (κ3) is 7.66. The molecule has 1 aromatic carbocycles. The van der Waals surface area contributed by atoms with E-state index in [-0.39, 0.29) is 17.7 Å². The lowest BCUT2D eigenvalue weighted by Crippen LogP contribution is -2.30. The van der Waals surface area contributed by atoms with E-state index < -0.39 is 35.7 Å². The molecule has 0 aliphatic heterocycles. The van der Waals surface area contributed by atoms with Crippen LogP contribution in [0.15, 0.2) is 50.4 Å². The molecule has 1 rings (SSSR count). The molecule has 15 heteroatoms. The molecule has 0 spiro atoms. The van der Waals surface area contributed by atoms with E-state index in [1.54, 1.807) is 14.1 Å². The Bertz CT molecular complexity index is 1030. The van der Waals surface area contributed by atoms with E-state index in [0.717, 1.165) is 18.2 Å². The van der Waals surface area contributed by atoms with E-state index in [0.29, 0.717) is 13.1 Å². The van der Waals surface area contributed by atoms with Crippen molar-refractivity contribution in [1.29, 1.82) is 0 Å². The Labute approximate surface area is 168 Å². The van der Waals surface area contributed by atoms with Gasteiger partial charge in [0.2, 0.25) is 11.9 Å². The van der Waals surface area contributed by atoms with Gasteiger partial charge in [-0.05, 0) is 18.2 Å². The average molecular weight is 450 g/mol. The number of rotatable bonds is 7. The van der Waals surface area contributed by atoms with Crippen LogP contribution in [0.4, 0.5) is 5.69 Å². The smallest absolute Gasteiger partial charge is 0.296 e. The van der Waals surface area contributed by atoms with Gasteiger partial charge in [-0.25, -0.2) is 0 Å². The fraction of sp³-hybridized carbons (Fsp3) is 0.286. The van der Waals surface area contributed by atoms with Gasteiger partial charge in [-0.2, -0.15) is 26.8 Å². The van der Waals surface area contributed by atoms with Crippen molar-refractivity contribution in [3.63, 3.8) is 0 Å². The van der Waals surface area contributed by atoms with Gasteiger partial charge in [-0.1, -0.05) is 6.58 Å². The minimum absolute atomic E-state index is 0.0591. The summed E-state index contributed by atoms with van der Waals surface area (Å²) in [4.78, 5) is 8.24. The second-order valence-corrected chi connectivity index (χ2v) is 8.51. The van der Waals surface area contributed by atoms with Crippen molar-refractivity contribution >= 4 is 37.8 Å². The first-order valence-electron chi connectivity index (χ1n) is 7.84. The topological polar surface area (TPSA) is 213 Å². The minimum atomic E-state index is -4.74. The van der Waals surface area contributed by atoms with Crippen LogP contribution in [-0.4, -0.2) is 69.9 Å². The Hall–Kier alpha value is -2.72. The van der Waals surface area contributed by atoms with Crippen LogP contribution in [0.2, 0.25) is 0 Å². The summed E-state index contributed by atoms with van der Waals surface area (Å²) in [6.07, 6.45) is 0. The quantitative estimate of drug-likeness (QED) is 0.166. The first-order valence-corrected chi connectivity index (χ1v) is 10.7. The maximum atomic E-state index is 11.5. The molecule has 1 aromatic rings. The molecule has 13 nitrogen and oxygen atoms in total. The van der Waals surface area contributed by atoms with Crippen molar-refractivity contribution in [2.24, 2.45) is 21.5 Å². The summed E-state index contributed by atoms with van der Waals surface area (Å²) in [5.74, 6) is -0.0898. The van der Waals surface area contributed by atoms with E-state index in [4.69, 9.17) is 16.0 Å². The molecule has 0 aliphatic rings. The normalized spacial score (nSPS) is 13.1. The van der Waals surface area contributed by atoms with Gasteiger partial charge in [0.25, 0.3) is 20.2 Å². The molecule has 0 aromatic heterocycles. The number of hydrogen-bond acceptors (Lipinski definition) is 7. The molecule has 0 saturated heterocycles. The van der Waals surface area contributed by atoms with E-state index in [9.17, 15) is 21.4 Å². The SMILES string of the molecule is C=C(N=C(N=C(N)Nc1cc(S(=O)(=O)O)ccc1S(=O)(=O)O)N(C)C)NCCN. The molecule has 0 aliphatic carbocycles. The van der Waals surface area contributed by atoms with Gasteiger partial charge in [0.1, 0.15) is 10.7 Å². The molecule has 0 atom stereocenters. The highest BCUT2D eigenvalue weighted by Gasteiger charge is 2.20. The molecular formula is C14H23N7O6S2. The summed E-state index contributed by atoms with van der Waals surface area (Å²) in [6.45, 7) is 4.44. The third-order valence-corrected chi connectivity index (χ3v) is 4.88. The van der Waals surface area contributed by atoms with E-state index >= 15 is 0 Å². The summed E-state index contributed by atoms with van der Waals surface area (Å²) >= 11 is 0. The van der Waals surface area contributed by atoms with Crippen LogP contribution in [0, 0.1) is 0 Å². The van der Waals surface area contributed by atoms with E-state index in [1.165, 1.54) is 4.90 Å². The molecule has 0 heterocycles. The Kier molecular flexibility index (Phi) is 8.10.